The minimum absolute atomic E-state index is 0.267. The van der Waals surface area contributed by atoms with Crippen LogP contribution in [0.3, 0.4) is 0 Å². The van der Waals surface area contributed by atoms with Crippen LogP contribution in [0.4, 0.5) is 0 Å². The van der Waals surface area contributed by atoms with E-state index < -0.39 is 14.6 Å². The molecule has 114 valence electrons. The lowest BCUT2D eigenvalue weighted by Crippen LogP contribution is -2.51. The third kappa shape index (κ3) is 4.43. The monoisotopic (exact) mass is 290 g/mol. The average Bonchev–Trinajstić information content (AvgIpc) is 2.34. The summed E-state index contributed by atoms with van der Waals surface area (Å²) in [6.07, 6.45) is 3.60. The minimum Gasteiger partial charge on any atom is -0.316 e. The van der Waals surface area contributed by atoms with Gasteiger partial charge in [-0.2, -0.15) is 0 Å². The van der Waals surface area contributed by atoms with Crippen molar-refractivity contribution in [2.24, 2.45) is 0 Å². The summed E-state index contributed by atoms with van der Waals surface area (Å²) in [7, 11) is -1.04. The second kappa shape index (κ2) is 6.55. The number of hydrogen-bond acceptors (Lipinski definition) is 4. The molecule has 1 N–H and O–H groups in total. The lowest BCUT2D eigenvalue weighted by Gasteiger charge is -2.39. The molecule has 1 fully saturated rings. The first kappa shape index (κ1) is 16.9. The van der Waals surface area contributed by atoms with Crippen LogP contribution in [-0.4, -0.2) is 56.0 Å². The molecule has 4 nitrogen and oxygen atoms in total. The van der Waals surface area contributed by atoms with Crippen molar-refractivity contribution in [2.75, 3.05) is 25.9 Å². The molecule has 0 aromatic carbocycles. The molecular formula is C14H30N2O2S. The van der Waals surface area contributed by atoms with Crippen LogP contribution in [0, 0.1) is 0 Å². The molecule has 0 amide bonds. The number of nitrogens with zero attached hydrogens (tertiary/aromatic N) is 1. The van der Waals surface area contributed by atoms with Crippen molar-refractivity contribution in [1.29, 1.82) is 0 Å². The highest BCUT2D eigenvalue weighted by atomic mass is 32.2. The number of sulfone groups is 1. The standard InChI is InChI=1S/C14H30N2O2S/c1-12(15-5)13-8-6-7-9-16(13)10-11-19(17,18)14(2,3)4/h12-13,15H,6-11H2,1-5H3. The maximum absolute atomic E-state index is 12.2. The van der Waals surface area contributed by atoms with Crippen LogP contribution in [0.15, 0.2) is 0 Å². The molecule has 0 radical (unpaired) electrons. The van der Waals surface area contributed by atoms with E-state index in [0.717, 1.165) is 13.0 Å². The van der Waals surface area contributed by atoms with Gasteiger partial charge in [0.1, 0.15) is 0 Å². The number of nitrogens with one attached hydrogen (secondary N) is 1. The van der Waals surface area contributed by atoms with Gasteiger partial charge in [-0.15, -0.1) is 0 Å². The fourth-order valence-electron chi connectivity index (χ4n) is 2.60. The predicted octanol–water partition coefficient (Wildman–Crippen LogP) is 1.66. The molecule has 1 saturated heterocycles. The van der Waals surface area contributed by atoms with Crippen LogP contribution < -0.4 is 5.32 Å². The number of piperidine rings is 1. The van der Waals surface area contributed by atoms with Crippen molar-refractivity contribution in [3.05, 3.63) is 0 Å². The lowest BCUT2D eigenvalue weighted by molar-refractivity contribution is 0.129. The molecule has 2 atom stereocenters. The van der Waals surface area contributed by atoms with Gasteiger partial charge in [0.2, 0.25) is 0 Å². The van der Waals surface area contributed by atoms with Crippen molar-refractivity contribution in [1.82, 2.24) is 10.2 Å². The molecule has 19 heavy (non-hydrogen) atoms. The molecule has 0 saturated carbocycles. The molecular weight excluding hydrogens is 260 g/mol. The summed E-state index contributed by atoms with van der Waals surface area (Å²) in [5.41, 5.74) is 0. The summed E-state index contributed by atoms with van der Waals surface area (Å²) in [5.74, 6) is 0.267. The number of rotatable bonds is 5. The van der Waals surface area contributed by atoms with Gasteiger partial charge < -0.3 is 5.32 Å². The van der Waals surface area contributed by atoms with E-state index in [1.54, 1.807) is 20.8 Å². The normalized spacial score (nSPS) is 24.4. The molecule has 5 heteroatoms. The van der Waals surface area contributed by atoms with E-state index in [-0.39, 0.29) is 5.75 Å². The highest BCUT2D eigenvalue weighted by molar-refractivity contribution is 7.92. The quantitative estimate of drug-likeness (QED) is 0.836. The Balaban J connectivity index is 2.64. The van der Waals surface area contributed by atoms with Crippen LogP contribution in [0.1, 0.15) is 47.0 Å². The van der Waals surface area contributed by atoms with E-state index in [2.05, 4.69) is 17.1 Å². The Bertz CT molecular complexity index is 373. The molecule has 0 aromatic rings. The summed E-state index contributed by atoms with van der Waals surface area (Å²) in [6.45, 7) is 9.22. The molecule has 1 heterocycles. The summed E-state index contributed by atoms with van der Waals surface area (Å²) in [6, 6.07) is 0.881. The van der Waals surface area contributed by atoms with Gasteiger partial charge in [0, 0.05) is 18.6 Å². The van der Waals surface area contributed by atoms with Gasteiger partial charge in [0.05, 0.1) is 10.5 Å². The highest BCUT2D eigenvalue weighted by Crippen LogP contribution is 2.21. The smallest absolute Gasteiger partial charge is 0.156 e. The number of hydrogen-bond donors (Lipinski definition) is 1. The zero-order chi connectivity index (χ0) is 14.7. The van der Waals surface area contributed by atoms with E-state index in [1.165, 1.54) is 12.8 Å². The zero-order valence-electron chi connectivity index (χ0n) is 13.1. The van der Waals surface area contributed by atoms with Crippen molar-refractivity contribution < 1.29 is 8.42 Å². The van der Waals surface area contributed by atoms with Crippen LogP contribution >= 0.6 is 0 Å². The lowest BCUT2D eigenvalue weighted by atomic mass is 9.97. The van der Waals surface area contributed by atoms with E-state index in [0.29, 0.717) is 18.6 Å². The largest absolute Gasteiger partial charge is 0.316 e. The van der Waals surface area contributed by atoms with Crippen LogP contribution in [-0.2, 0) is 9.84 Å². The number of likely N-dealkylation sites (N-methyl/N-ethyl adjacent to an activating group) is 1. The fraction of sp³-hybridized carbons (Fsp3) is 1.00. The Kier molecular flexibility index (Phi) is 5.83. The van der Waals surface area contributed by atoms with Gasteiger partial charge in [-0.05, 0) is 54.1 Å². The summed E-state index contributed by atoms with van der Waals surface area (Å²) < 4.78 is 23.8. The molecule has 0 spiro atoms. The summed E-state index contributed by atoms with van der Waals surface area (Å²) in [5, 5.41) is 3.30. The van der Waals surface area contributed by atoms with E-state index in [9.17, 15) is 8.42 Å². The second-order valence-corrected chi connectivity index (χ2v) is 9.47. The van der Waals surface area contributed by atoms with Crippen molar-refractivity contribution >= 4 is 9.84 Å². The predicted molar refractivity (Wildman–Crippen MR) is 81.3 cm³/mol. The average molecular weight is 290 g/mol. The Morgan fingerprint density at radius 1 is 1.32 bits per heavy atom. The Hall–Kier alpha value is -0.130. The van der Waals surface area contributed by atoms with Crippen LogP contribution in [0.2, 0.25) is 0 Å². The molecule has 1 aliphatic heterocycles. The van der Waals surface area contributed by atoms with Gasteiger partial charge in [0.25, 0.3) is 0 Å². The third-order valence-corrected chi connectivity index (χ3v) is 6.86. The first-order valence-corrected chi connectivity index (χ1v) is 8.98. The molecule has 0 aliphatic carbocycles. The van der Waals surface area contributed by atoms with Gasteiger partial charge >= 0.3 is 0 Å². The van der Waals surface area contributed by atoms with Crippen LogP contribution in [0.25, 0.3) is 0 Å². The summed E-state index contributed by atoms with van der Waals surface area (Å²) in [4.78, 5) is 2.36. The Labute approximate surface area is 118 Å². The minimum atomic E-state index is -3.02. The molecule has 0 aromatic heterocycles. The second-order valence-electron chi connectivity index (χ2n) is 6.61. The van der Waals surface area contributed by atoms with Crippen molar-refractivity contribution in [3.8, 4) is 0 Å². The topological polar surface area (TPSA) is 49.4 Å². The maximum atomic E-state index is 12.2. The fourth-order valence-corrected chi connectivity index (χ4v) is 3.68. The molecule has 1 aliphatic rings. The first-order valence-electron chi connectivity index (χ1n) is 7.32. The van der Waals surface area contributed by atoms with Crippen molar-refractivity contribution in [2.45, 2.75) is 63.8 Å². The van der Waals surface area contributed by atoms with Gasteiger partial charge in [-0.3, -0.25) is 4.90 Å². The maximum Gasteiger partial charge on any atom is 0.156 e. The van der Waals surface area contributed by atoms with E-state index in [1.807, 2.05) is 7.05 Å². The van der Waals surface area contributed by atoms with Gasteiger partial charge in [0.15, 0.2) is 9.84 Å². The third-order valence-electron chi connectivity index (χ3n) is 4.28. The van der Waals surface area contributed by atoms with E-state index in [4.69, 9.17) is 0 Å². The number of likely N-dealkylation sites (tertiary alicyclic amines) is 1. The zero-order valence-corrected chi connectivity index (χ0v) is 13.9. The van der Waals surface area contributed by atoms with Gasteiger partial charge in [-0.1, -0.05) is 6.42 Å². The molecule has 0 bridgehead atoms. The first-order chi connectivity index (χ1) is 8.69. The van der Waals surface area contributed by atoms with Crippen LogP contribution in [0.5, 0.6) is 0 Å². The highest BCUT2D eigenvalue weighted by Gasteiger charge is 2.32. The van der Waals surface area contributed by atoms with Crippen molar-refractivity contribution in [3.63, 3.8) is 0 Å². The molecule has 2 unspecified atom stereocenters. The summed E-state index contributed by atoms with van der Waals surface area (Å²) >= 11 is 0. The SMILES string of the molecule is CNC(C)C1CCCCN1CCS(=O)(=O)C(C)(C)C. The molecule has 1 rings (SSSR count). The van der Waals surface area contributed by atoms with Gasteiger partial charge in [-0.25, -0.2) is 8.42 Å². The Morgan fingerprint density at radius 2 is 1.95 bits per heavy atom. The Morgan fingerprint density at radius 3 is 2.47 bits per heavy atom. The van der Waals surface area contributed by atoms with E-state index >= 15 is 0 Å².